The Morgan fingerprint density at radius 2 is 0.831 bits per heavy atom. The summed E-state index contributed by atoms with van der Waals surface area (Å²) < 4.78 is 11.2. The first-order valence-electron chi connectivity index (χ1n) is 27.2. The van der Waals surface area contributed by atoms with E-state index in [1.165, 1.54) is 0 Å². The molecule has 10 heteroatoms. The minimum Gasteiger partial charge on any atom is -0.462 e. The first-order chi connectivity index (χ1) is 30.9. The number of carbonyl (C=O) groups is 4. The molecule has 12 rings (SSSR count). The zero-order valence-electron chi connectivity index (χ0n) is 41.3. The molecule has 12 aliphatic rings. The average molecular weight is 905 g/mol. The van der Waals surface area contributed by atoms with Crippen molar-refractivity contribution in [1.82, 2.24) is 10.6 Å². The minimum atomic E-state index is -0.329. The molecule has 0 spiro atoms. The lowest BCUT2D eigenvalue weighted by Gasteiger charge is -2.62. The highest BCUT2D eigenvalue weighted by Gasteiger charge is 2.65. The molecule has 8 aliphatic carbocycles. The highest BCUT2D eigenvalue weighted by atomic mass is 16.6. The van der Waals surface area contributed by atoms with Gasteiger partial charge in [0.2, 0.25) is 11.8 Å². The molecule has 0 radical (unpaired) electrons. The predicted molar refractivity (Wildman–Crippen MR) is 250 cm³/mol. The van der Waals surface area contributed by atoms with Gasteiger partial charge < -0.3 is 30.3 Å². The van der Waals surface area contributed by atoms with E-state index in [0.29, 0.717) is 103 Å². The topological polar surface area (TPSA) is 151 Å². The lowest BCUT2D eigenvalue weighted by atomic mass is 9.43. The summed E-state index contributed by atoms with van der Waals surface area (Å²) in [4.78, 5) is 52.7. The molecule has 0 aromatic heterocycles. The Kier molecular flexibility index (Phi) is 13.7. The van der Waals surface area contributed by atoms with Crippen LogP contribution in [0.4, 0.5) is 0 Å². The van der Waals surface area contributed by atoms with Gasteiger partial charge in [-0.2, -0.15) is 0 Å². The van der Waals surface area contributed by atoms with E-state index in [9.17, 15) is 29.4 Å². The lowest BCUT2D eigenvalue weighted by Crippen LogP contribution is -2.59. The molecule has 65 heavy (non-hydrogen) atoms. The molecule has 0 aromatic carbocycles. The van der Waals surface area contributed by atoms with E-state index in [0.717, 1.165) is 116 Å². The molecule has 366 valence electrons. The van der Waals surface area contributed by atoms with Crippen molar-refractivity contribution in [2.75, 3.05) is 13.2 Å². The molecule has 8 saturated carbocycles. The standard InChI is InChI=1S/C55H88N2O8/c1-32-10-16-48(62)64-26-27-65-49(63)17-11-33(2)39-13-15-41-51-43(21-25-55(39,41)6)53(4)23-19-37(29-35(53)31-45(51)59)57-47(61)9-7-8-46(60)56-36-18-22-52(3)34(28-36)30-44(58)50-40-14-12-38(32)54(40,5)24-20-42(50)52/h32-45,50-51,58-59H,7-31H2,1-6H3,(H,56,60)(H,57,61)/t32-,33+,34?,35?,36+,37-,38-,39+,40+,41-,42+,43-,44+,45-,50?,51?,52+,53-,54-,55+. The maximum absolute atomic E-state index is 13.4. The van der Waals surface area contributed by atoms with E-state index < -0.39 is 0 Å². The van der Waals surface area contributed by atoms with Gasteiger partial charge in [-0.1, -0.05) is 41.5 Å². The maximum Gasteiger partial charge on any atom is 0.305 e. The minimum absolute atomic E-state index is 0.0436. The third-order valence-electron chi connectivity index (χ3n) is 22.6. The van der Waals surface area contributed by atoms with Gasteiger partial charge in [0.05, 0.1) is 12.2 Å². The van der Waals surface area contributed by atoms with Crippen molar-refractivity contribution in [3.8, 4) is 0 Å². The molecule has 10 nitrogen and oxygen atoms in total. The molecule has 4 saturated heterocycles. The Balaban J connectivity index is 0.857. The van der Waals surface area contributed by atoms with E-state index in [2.05, 4.69) is 52.2 Å². The number of carbonyl (C=O) groups excluding carboxylic acids is 4. The smallest absolute Gasteiger partial charge is 0.305 e. The van der Waals surface area contributed by atoms with Gasteiger partial charge in [-0.25, -0.2) is 0 Å². The number of nitrogens with one attached hydrogen (secondary N) is 2. The number of aliphatic hydroxyl groups excluding tert-OH is 2. The van der Waals surface area contributed by atoms with Crippen molar-refractivity contribution in [3.63, 3.8) is 0 Å². The largest absolute Gasteiger partial charge is 0.462 e. The van der Waals surface area contributed by atoms with Crippen molar-refractivity contribution in [2.24, 2.45) is 92.7 Å². The van der Waals surface area contributed by atoms with Crippen molar-refractivity contribution < 1.29 is 38.9 Å². The molecule has 13 bridgehead atoms. The van der Waals surface area contributed by atoms with Crippen LogP contribution in [-0.2, 0) is 28.7 Å². The average Bonchev–Trinajstić information content (AvgIpc) is 3.81. The Bertz CT molecular complexity index is 1650. The van der Waals surface area contributed by atoms with Gasteiger partial charge in [0.1, 0.15) is 13.2 Å². The van der Waals surface area contributed by atoms with Crippen LogP contribution in [0.3, 0.4) is 0 Å². The Morgan fingerprint density at radius 3 is 1.25 bits per heavy atom. The number of rotatable bonds is 0. The van der Waals surface area contributed by atoms with Crippen LogP contribution in [0.5, 0.6) is 0 Å². The van der Waals surface area contributed by atoms with E-state index in [-0.39, 0.29) is 82.9 Å². The molecule has 12 fully saturated rings. The van der Waals surface area contributed by atoms with Crippen LogP contribution in [0.25, 0.3) is 0 Å². The maximum atomic E-state index is 13.4. The molecule has 4 unspecified atom stereocenters. The Hall–Kier alpha value is -2.20. The number of amides is 2. The molecule has 4 N–H and O–H groups in total. The Labute approximate surface area is 391 Å². The highest BCUT2D eigenvalue weighted by Crippen LogP contribution is 2.70. The quantitative estimate of drug-likeness (QED) is 0.176. The van der Waals surface area contributed by atoms with Gasteiger partial charge in [-0.3, -0.25) is 19.2 Å². The summed E-state index contributed by atoms with van der Waals surface area (Å²) in [6.45, 7) is 14.8. The van der Waals surface area contributed by atoms with Crippen LogP contribution >= 0.6 is 0 Å². The zero-order valence-corrected chi connectivity index (χ0v) is 41.3. The van der Waals surface area contributed by atoms with Crippen LogP contribution < -0.4 is 10.6 Å². The lowest BCUT2D eigenvalue weighted by molar-refractivity contribution is -0.167. The van der Waals surface area contributed by atoms with Crippen LogP contribution in [0, 0.1) is 92.7 Å². The Morgan fingerprint density at radius 1 is 0.462 bits per heavy atom. The molecule has 4 heterocycles. The van der Waals surface area contributed by atoms with Crippen molar-refractivity contribution in [3.05, 3.63) is 0 Å². The second-order valence-electron chi connectivity index (χ2n) is 25.5. The second-order valence-corrected chi connectivity index (χ2v) is 25.5. The first kappa shape index (κ1) is 47.8. The number of hydrogen-bond donors (Lipinski definition) is 4. The number of hydrogen-bond acceptors (Lipinski definition) is 8. The van der Waals surface area contributed by atoms with Crippen molar-refractivity contribution in [2.45, 2.75) is 214 Å². The van der Waals surface area contributed by atoms with Gasteiger partial charge >= 0.3 is 11.9 Å². The fraction of sp³-hybridized carbons (Fsp3) is 0.927. The summed E-state index contributed by atoms with van der Waals surface area (Å²) in [5.74, 6) is 4.71. The highest BCUT2D eigenvalue weighted by molar-refractivity contribution is 5.79. The number of ether oxygens (including phenoxy) is 2. The summed E-state index contributed by atoms with van der Waals surface area (Å²) in [6.07, 6.45) is 19.6. The van der Waals surface area contributed by atoms with Gasteiger partial charge in [0, 0.05) is 37.8 Å². The first-order valence-corrected chi connectivity index (χ1v) is 27.2. The van der Waals surface area contributed by atoms with Gasteiger partial charge in [-0.05, 0) is 215 Å². The molecule has 2 amide bonds. The number of fused-ring (bicyclic) bond motifs is 2. The van der Waals surface area contributed by atoms with Gasteiger partial charge in [0.15, 0.2) is 0 Å². The molecular formula is C55H88N2O8. The SMILES string of the molecule is C[C@@H]1CCC(=O)OCCOC(=O)CC[C@H](C)[C@@H]2CC[C@@H]3C4[C@H](O)CC5C[C@@H](CC[C@@]5(C)[C@@H]4CC[C@]32C)NC(=O)CCCC(=O)N[C@H]2CC[C@@]3(C)C(C2)C[C@H](O)C2[C@@H]4CC[C@H]1[C@@]4(C)CC[C@@H]23. The summed E-state index contributed by atoms with van der Waals surface area (Å²) in [5, 5.41) is 30.7. The molecule has 4 aliphatic heterocycles. The molecule has 0 aromatic rings. The van der Waals surface area contributed by atoms with E-state index >= 15 is 0 Å². The fourth-order valence-corrected chi connectivity index (χ4v) is 19.2. The van der Waals surface area contributed by atoms with Crippen LogP contribution in [0.2, 0.25) is 0 Å². The molecular weight excluding hydrogens is 817 g/mol. The van der Waals surface area contributed by atoms with E-state index in [1.807, 2.05) is 0 Å². The number of aliphatic hydroxyl groups is 2. The molecule has 20 atom stereocenters. The van der Waals surface area contributed by atoms with Crippen LogP contribution in [0.15, 0.2) is 0 Å². The predicted octanol–water partition coefficient (Wildman–Crippen LogP) is 9.32. The number of esters is 2. The third-order valence-corrected chi connectivity index (χ3v) is 22.6. The third kappa shape index (κ3) is 8.76. The second kappa shape index (κ2) is 18.6. The van der Waals surface area contributed by atoms with Crippen molar-refractivity contribution >= 4 is 23.8 Å². The van der Waals surface area contributed by atoms with Crippen LogP contribution in [-0.4, -0.2) is 71.5 Å². The summed E-state index contributed by atoms with van der Waals surface area (Å²) in [5.41, 5.74) is 0.609. The monoisotopic (exact) mass is 905 g/mol. The van der Waals surface area contributed by atoms with Crippen LogP contribution in [0.1, 0.15) is 189 Å². The van der Waals surface area contributed by atoms with E-state index in [1.54, 1.807) is 0 Å². The van der Waals surface area contributed by atoms with Crippen molar-refractivity contribution in [1.29, 1.82) is 0 Å². The van der Waals surface area contributed by atoms with Gasteiger partial charge in [-0.15, -0.1) is 0 Å². The normalized spacial score (nSPS) is 51.3. The summed E-state index contributed by atoms with van der Waals surface area (Å²) >= 11 is 0. The van der Waals surface area contributed by atoms with E-state index in [4.69, 9.17) is 9.47 Å². The summed E-state index contributed by atoms with van der Waals surface area (Å²) in [7, 11) is 0. The fourth-order valence-electron chi connectivity index (χ4n) is 19.2. The van der Waals surface area contributed by atoms with Gasteiger partial charge in [0.25, 0.3) is 0 Å². The zero-order chi connectivity index (χ0) is 46.1. The summed E-state index contributed by atoms with van der Waals surface area (Å²) in [6, 6.07) is 0.232.